The summed E-state index contributed by atoms with van der Waals surface area (Å²) >= 11 is 0. The number of carbonyl (C=O) groups excluding carboxylic acids is 3. The van der Waals surface area contributed by atoms with Crippen LogP contribution in [0.4, 0.5) is 5.69 Å². The summed E-state index contributed by atoms with van der Waals surface area (Å²) in [6, 6.07) is 15.2. The van der Waals surface area contributed by atoms with E-state index in [2.05, 4.69) is 42.9 Å². The molecule has 3 aliphatic heterocycles. The number of nitrogens with zero attached hydrogens (tertiary/aromatic N) is 7. The van der Waals surface area contributed by atoms with Crippen LogP contribution in [-0.2, 0) is 22.4 Å². The summed E-state index contributed by atoms with van der Waals surface area (Å²) in [4.78, 5) is 58.0. The van der Waals surface area contributed by atoms with Crippen LogP contribution in [0.25, 0.3) is 11.0 Å². The third-order valence-corrected chi connectivity index (χ3v) is 11.9. The molecule has 54 heavy (non-hydrogen) atoms. The van der Waals surface area contributed by atoms with Gasteiger partial charge in [0.25, 0.3) is 5.91 Å². The number of pyridine rings is 1. The fourth-order valence-electron chi connectivity index (χ4n) is 8.96. The zero-order chi connectivity index (χ0) is 37.2. The summed E-state index contributed by atoms with van der Waals surface area (Å²) in [5.41, 5.74) is 4.70. The number of anilines is 1. The van der Waals surface area contributed by atoms with E-state index in [1.165, 1.54) is 18.5 Å². The third kappa shape index (κ3) is 7.85. The monoisotopic (exact) mass is 732 g/mol. The Morgan fingerprint density at radius 2 is 1.67 bits per heavy atom. The topological polar surface area (TPSA) is 126 Å². The molecule has 6 heterocycles. The summed E-state index contributed by atoms with van der Waals surface area (Å²) in [6.45, 7) is 4.03. The molecular formula is C42H52N8O4. The SMILES string of the molecule is CN(C)C(=O)c1cc2cnc(CCc3ccc(OC4CCCN(C5CCN(c6ccc(C7CCC(=O)NC7=O)cc6)CC5)C4)cn3)nc2n1C1CCCC1. The van der Waals surface area contributed by atoms with Gasteiger partial charge in [-0.05, 0) is 93.8 Å². The lowest BCUT2D eigenvalue weighted by Gasteiger charge is -2.42. The van der Waals surface area contributed by atoms with Crippen molar-refractivity contribution < 1.29 is 19.1 Å². The van der Waals surface area contributed by atoms with E-state index in [4.69, 9.17) is 14.7 Å². The van der Waals surface area contributed by atoms with Crippen molar-refractivity contribution in [1.29, 1.82) is 0 Å². The molecule has 8 rings (SSSR count). The van der Waals surface area contributed by atoms with Gasteiger partial charge in [-0.25, -0.2) is 9.97 Å². The maximum atomic E-state index is 13.1. The number of carbonyl (C=O) groups is 3. The van der Waals surface area contributed by atoms with Gasteiger partial charge in [-0.3, -0.25) is 29.6 Å². The standard InChI is InChI=1S/C42H52N8O4/c1-47(2)42(53)37-24-29-25-44-38(45-40(29)50(37)33-6-3-4-7-33)17-12-30-11-15-34(26-43-30)54-35-8-5-21-49(27-35)32-19-22-48(23-20-32)31-13-9-28(10-14-31)36-16-18-39(51)46-41(36)52/h9-11,13-15,24-26,32-33,35-36H,3-8,12,16-23,27H2,1-2H3,(H,46,51,52). The van der Waals surface area contributed by atoms with Crippen molar-refractivity contribution in [3.05, 3.63) is 77.6 Å². The summed E-state index contributed by atoms with van der Waals surface area (Å²) in [6.07, 6.45) is 15.1. The molecule has 1 N–H and O–H groups in total. The van der Waals surface area contributed by atoms with Gasteiger partial charge >= 0.3 is 0 Å². The summed E-state index contributed by atoms with van der Waals surface area (Å²) in [5, 5.41) is 3.38. The number of imide groups is 1. The van der Waals surface area contributed by atoms with Crippen LogP contribution in [0.3, 0.4) is 0 Å². The Morgan fingerprint density at radius 3 is 2.39 bits per heavy atom. The summed E-state index contributed by atoms with van der Waals surface area (Å²) in [5.74, 6) is 0.970. The minimum atomic E-state index is -0.246. The van der Waals surface area contributed by atoms with Gasteiger partial charge in [0.2, 0.25) is 11.8 Å². The van der Waals surface area contributed by atoms with Gasteiger partial charge in [0.05, 0.1) is 12.1 Å². The number of piperidine rings is 3. The fraction of sp³-hybridized carbons (Fsp3) is 0.524. The molecule has 2 atom stereocenters. The molecule has 0 radical (unpaired) electrons. The maximum Gasteiger partial charge on any atom is 0.270 e. The molecule has 12 heteroatoms. The predicted molar refractivity (Wildman–Crippen MR) is 207 cm³/mol. The number of amides is 3. The van der Waals surface area contributed by atoms with Crippen LogP contribution >= 0.6 is 0 Å². The number of likely N-dealkylation sites (tertiary alicyclic amines) is 1. The Hall–Kier alpha value is -4.84. The van der Waals surface area contributed by atoms with Gasteiger partial charge in [-0.1, -0.05) is 25.0 Å². The molecule has 4 fully saturated rings. The fourth-order valence-corrected chi connectivity index (χ4v) is 8.96. The van der Waals surface area contributed by atoms with Gasteiger partial charge in [-0.15, -0.1) is 0 Å². The van der Waals surface area contributed by atoms with Gasteiger partial charge in [-0.2, -0.15) is 0 Å². The second-order valence-electron chi connectivity index (χ2n) is 15.8. The van der Waals surface area contributed by atoms with Crippen molar-refractivity contribution in [2.45, 2.75) is 101 Å². The molecule has 1 aromatic carbocycles. The second kappa shape index (κ2) is 15.9. The van der Waals surface area contributed by atoms with Crippen molar-refractivity contribution in [3.63, 3.8) is 0 Å². The highest BCUT2D eigenvalue weighted by molar-refractivity contribution is 6.01. The molecule has 3 saturated heterocycles. The Labute approximate surface area is 317 Å². The van der Waals surface area contributed by atoms with E-state index in [0.29, 0.717) is 37.0 Å². The molecule has 3 aromatic heterocycles. The Balaban J connectivity index is 0.823. The van der Waals surface area contributed by atoms with Gasteiger partial charge in [0, 0.05) is 81.6 Å². The van der Waals surface area contributed by atoms with Crippen LogP contribution in [0.15, 0.2) is 54.9 Å². The van der Waals surface area contributed by atoms with Crippen LogP contribution in [0.5, 0.6) is 5.75 Å². The quantitative estimate of drug-likeness (QED) is 0.212. The molecule has 3 amide bonds. The molecule has 1 saturated carbocycles. The summed E-state index contributed by atoms with van der Waals surface area (Å²) < 4.78 is 8.66. The Morgan fingerprint density at radius 1 is 0.870 bits per heavy atom. The molecule has 0 bridgehead atoms. The van der Waals surface area contributed by atoms with E-state index in [1.54, 1.807) is 19.0 Å². The van der Waals surface area contributed by atoms with Crippen LogP contribution in [0.2, 0.25) is 0 Å². The number of ether oxygens (including phenoxy) is 1. The second-order valence-corrected chi connectivity index (χ2v) is 15.8. The highest BCUT2D eigenvalue weighted by Gasteiger charge is 2.31. The Bertz CT molecular complexity index is 1960. The number of fused-ring (bicyclic) bond motifs is 1. The van der Waals surface area contributed by atoms with Crippen LogP contribution < -0.4 is 15.0 Å². The molecule has 2 unspecified atom stereocenters. The first-order valence-corrected chi connectivity index (χ1v) is 19.9. The molecule has 4 aliphatic rings. The smallest absolute Gasteiger partial charge is 0.270 e. The number of hydrogen-bond donors (Lipinski definition) is 1. The predicted octanol–water partition coefficient (Wildman–Crippen LogP) is 5.46. The normalized spacial score (nSPS) is 21.8. The van der Waals surface area contributed by atoms with Gasteiger partial charge in [0.1, 0.15) is 29.0 Å². The molecule has 0 spiro atoms. The van der Waals surface area contributed by atoms with Crippen molar-refractivity contribution in [2.75, 3.05) is 45.2 Å². The average molecular weight is 733 g/mol. The highest BCUT2D eigenvalue weighted by atomic mass is 16.5. The van der Waals surface area contributed by atoms with Gasteiger partial charge < -0.3 is 19.1 Å². The van der Waals surface area contributed by atoms with Crippen LogP contribution in [0.1, 0.15) is 104 Å². The largest absolute Gasteiger partial charge is 0.487 e. The van der Waals surface area contributed by atoms with Crippen molar-refractivity contribution in [3.8, 4) is 5.75 Å². The zero-order valence-corrected chi connectivity index (χ0v) is 31.6. The molecular weight excluding hydrogens is 681 g/mol. The maximum absolute atomic E-state index is 13.1. The van der Waals surface area contributed by atoms with Crippen LogP contribution in [-0.4, -0.2) is 99.5 Å². The zero-order valence-electron chi connectivity index (χ0n) is 31.6. The molecule has 1 aliphatic carbocycles. The number of benzene rings is 1. The van der Waals surface area contributed by atoms with E-state index < -0.39 is 0 Å². The lowest BCUT2D eigenvalue weighted by atomic mass is 9.90. The molecule has 4 aromatic rings. The average Bonchev–Trinajstić information content (AvgIpc) is 3.86. The van der Waals surface area contributed by atoms with E-state index in [0.717, 1.165) is 105 Å². The number of rotatable bonds is 10. The molecule has 284 valence electrons. The summed E-state index contributed by atoms with van der Waals surface area (Å²) in [7, 11) is 3.60. The first-order valence-electron chi connectivity index (χ1n) is 19.9. The Kier molecular flexibility index (Phi) is 10.6. The minimum Gasteiger partial charge on any atom is -0.487 e. The first-order chi connectivity index (χ1) is 26.3. The van der Waals surface area contributed by atoms with Crippen molar-refractivity contribution in [1.82, 2.24) is 34.6 Å². The lowest BCUT2D eigenvalue weighted by molar-refractivity contribution is -0.134. The van der Waals surface area contributed by atoms with Crippen molar-refractivity contribution >= 4 is 34.4 Å². The van der Waals surface area contributed by atoms with E-state index in [-0.39, 0.29) is 29.7 Å². The number of nitrogens with one attached hydrogen (secondary N) is 1. The lowest BCUT2D eigenvalue weighted by Crippen LogP contribution is -2.50. The minimum absolute atomic E-state index is 0.00351. The highest BCUT2D eigenvalue weighted by Crippen LogP contribution is 2.35. The van der Waals surface area contributed by atoms with E-state index in [1.807, 2.05) is 36.7 Å². The molecule has 12 nitrogen and oxygen atoms in total. The number of aryl methyl sites for hydroxylation is 2. The van der Waals surface area contributed by atoms with Crippen molar-refractivity contribution in [2.24, 2.45) is 0 Å². The third-order valence-electron chi connectivity index (χ3n) is 11.9. The number of hydrogen-bond acceptors (Lipinski definition) is 9. The van der Waals surface area contributed by atoms with Crippen LogP contribution in [0, 0.1) is 0 Å². The number of aromatic nitrogens is 4. The van der Waals surface area contributed by atoms with E-state index >= 15 is 0 Å². The van der Waals surface area contributed by atoms with Gasteiger partial charge in [0.15, 0.2) is 0 Å². The van der Waals surface area contributed by atoms with E-state index in [9.17, 15) is 14.4 Å². The first kappa shape index (κ1) is 36.2.